The van der Waals surface area contributed by atoms with Gasteiger partial charge in [-0.05, 0) is 86.8 Å². The van der Waals surface area contributed by atoms with Crippen LogP contribution in [0.15, 0.2) is 34.3 Å². The van der Waals surface area contributed by atoms with Crippen molar-refractivity contribution < 1.29 is 99.7 Å². The molecule has 508 valence electrons. The van der Waals surface area contributed by atoms with Gasteiger partial charge in [0.25, 0.3) is 5.69 Å². The van der Waals surface area contributed by atoms with Gasteiger partial charge >= 0.3 is 18.0 Å². The van der Waals surface area contributed by atoms with Gasteiger partial charge < -0.3 is 77.4 Å². The van der Waals surface area contributed by atoms with E-state index < -0.39 is 182 Å². The van der Waals surface area contributed by atoms with E-state index in [-0.39, 0.29) is 49.6 Å². The molecule has 5 rings (SSSR count). The molecule has 4 aliphatic rings. The summed E-state index contributed by atoms with van der Waals surface area (Å²) >= 11 is 0. The minimum absolute atomic E-state index is 0.0529. The third-order valence-corrected chi connectivity index (χ3v) is 18.9. The summed E-state index contributed by atoms with van der Waals surface area (Å²) in [7, 11) is 1.61. The molecule has 4 N–H and O–H groups in total. The molecule has 0 saturated carbocycles. The number of carbonyl (C=O) groups excluding carboxylic acids is 4. The van der Waals surface area contributed by atoms with Crippen LogP contribution in [0.4, 0.5) is 10.5 Å². The number of aliphatic hydroxyl groups excluding tert-OH is 2. The van der Waals surface area contributed by atoms with Crippen LogP contribution in [0, 0.1) is 51.5 Å². The van der Waals surface area contributed by atoms with Crippen LogP contribution < -0.4 is 10.0 Å². The van der Waals surface area contributed by atoms with Gasteiger partial charge in [0.1, 0.15) is 43.7 Å². The van der Waals surface area contributed by atoms with Gasteiger partial charge in [-0.25, -0.2) is 17.9 Å². The number of carbonyl (C=O) groups is 4. The number of hydrogen-bond donors (Lipinski definition) is 4. The summed E-state index contributed by atoms with van der Waals surface area (Å²) < 4.78 is 99.9. The van der Waals surface area contributed by atoms with Crippen molar-refractivity contribution in [3.05, 3.63) is 34.4 Å². The van der Waals surface area contributed by atoms with Gasteiger partial charge in [0.15, 0.2) is 35.1 Å². The van der Waals surface area contributed by atoms with Crippen molar-refractivity contribution in [2.24, 2.45) is 46.6 Å². The molecule has 4 fully saturated rings. The van der Waals surface area contributed by atoms with Gasteiger partial charge in [0, 0.05) is 76.4 Å². The van der Waals surface area contributed by atoms with E-state index in [2.05, 4.69) is 20.1 Å². The Labute approximate surface area is 524 Å². The fourth-order valence-corrected chi connectivity index (χ4v) is 13.9. The van der Waals surface area contributed by atoms with Crippen molar-refractivity contribution in [2.45, 2.75) is 238 Å². The molecule has 22 atom stereocenters. The predicted molar refractivity (Wildman–Crippen MR) is 322 cm³/mol. The Morgan fingerprint density at radius 1 is 0.876 bits per heavy atom. The third kappa shape index (κ3) is 19.5. The molecule has 5 unspecified atom stereocenters. The Morgan fingerprint density at radius 2 is 1.53 bits per heavy atom. The largest absolute Gasteiger partial charge is 0.461 e. The number of methoxy groups -OCH3 is 2. The fourth-order valence-electron chi connectivity index (χ4n) is 12.5. The van der Waals surface area contributed by atoms with Crippen LogP contribution >= 0.6 is 0 Å². The fraction of sp³-hybridized carbons (Fsp3) is 0.820. The van der Waals surface area contributed by atoms with E-state index in [1.165, 1.54) is 61.2 Å². The number of cyclic esters (lactones) is 1. The number of Topliss-reactive ketones (excluding diaryl/α,β-unsaturated/α-hetero) is 1. The van der Waals surface area contributed by atoms with Crippen molar-refractivity contribution in [2.75, 3.05) is 48.1 Å². The smallest absolute Gasteiger partial charge is 0.408 e. The van der Waals surface area contributed by atoms with Crippen molar-refractivity contribution in [1.29, 1.82) is 0 Å². The maximum atomic E-state index is 16.1. The van der Waals surface area contributed by atoms with Crippen LogP contribution in [-0.4, -0.2) is 209 Å². The second-order valence-electron chi connectivity index (χ2n) is 26.2. The number of ketones is 1. The van der Waals surface area contributed by atoms with E-state index in [1.807, 2.05) is 34.7 Å². The van der Waals surface area contributed by atoms with Crippen LogP contribution in [0.1, 0.15) is 130 Å². The molecule has 4 saturated heterocycles. The number of nitro benzene ring substituents is 1. The Hall–Kier alpha value is -4.56. The first-order chi connectivity index (χ1) is 41.5. The highest BCUT2D eigenvalue weighted by molar-refractivity contribution is 7.89. The van der Waals surface area contributed by atoms with Crippen LogP contribution in [0.2, 0.25) is 0 Å². The molecule has 4 aliphatic heterocycles. The van der Waals surface area contributed by atoms with Crippen molar-refractivity contribution >= 4 is 45.2 Å². The van der Waals surface area contributed by atoms with Crippen molar-refractivity contribution in [3.8, 4) is 0 Å². The molecule has 0 aliphatic carbocycles. The maximum Gasteiger partial charge on any atom is 0.408 e. The Balaban J connectivity index is 1.71. The Kier molecular flexibility index (Phi) is 27.3. The van der Waals surface area contributed by atoms with E-state index in [4.69, 9.17) is 56.9 Å². The number of likely N-dealkylation sites (N-methyl/N-ethyl adjacent to an activating group) is 1. The molecule has 4 heterocycles. The molecular formula is C61H101N5O22S. The molecule has 0 radical (unpaired) electrons. The summed E-state index contributed by atoms with van der Waals surface area (Å²) in [6, 6.07) is 4.72. The zero-order chi connectivity index (χ0) is 66.8. The van der Waals surface area contributed by atoms with E-state index in [1.54, 1.807) is 48.5 Å². The SMILES string of the molecule is CON=C1C[C@@H](C)O[C@@H](OC2C(C)C(O[C@H]3C[C@H](C)N(C)C[C@H](C)O3)C(C)C(=O)O[C@H](C(C)CO[C@@H]3O[C@H](C)[C@@H](O)[C@@H](OC)[C@H]3OC)[C@H](C)[C@@H](OC(=O)CC(C)C)[C@@H](C)C(=O)[C@@](C)(OC(=O)NC(C)(C)CNS(=O)(=O)c3ccccc3[N+](=O)[O-])C[C@@H]2C)[C@@H]1O. The molecule has 1 aromatic rings. The number of sulfonamides is 1. The Morgan fingerprint density at radius 3 is 2.15 bits per heavy atom. The zero-order valence-corrected chi connectivity index (χ0v) is 56.1. The molecule has 1 amide bonds. The lowest BCUT2D eigenvalue weighted by Gasteiger charge is -2.45. The number of alkyl carbamates (subject to hydrolysis) is 1. The second kappa shape index (κ2) is 32.3. The topological polar surface area (TPSA) is 336 Å². The zero-order valence-electron chi connectivity index (χ0n) is 55.3. The van der Waals surface area contributed by atoms with Crippen LogP contribution in [-0.2, 0) is 81.3 Å². The first-order valence-corrected chi connectivity index (χ1v) is 32.3. The Bertz CT molecular complexity index is 2670. The first kappa shape index (κ1) is 75.2. The molecule has 89 heavy (non-hydrogen) atoms. The number of nitro groups is 1. The summed E-state index contributed by atoms with van der Waals surface area (Å²) in [6.45, 7) is 25.3. The van der Waals surface area contributed by atoms with Gasteiger partial charge in [-0.2, -0.15) is 0 Å². The van der Waals surface area contributed by atoms with Crippen molar-refractivity contribution in [3.63, 3.8) is 0 Å². The average Bonchev–Trinajstić information content (AvgIpc) is 1.49. The molecule has 0 spiro atoms. The maximum absolute atomic E-state index is 16.1. The summed E-state index contributed by atoms with van der Waals surface area (Å²) in [5.74, 6) is -8.53. The van der Waals surface area contributed by atoms with Gasteiger partial charge in [-0.1, -0.05) is 65.8 Å². The van der Waals surface area contributed by atoms with Gasteiger partial charge in [0.05, 0.1) is 65.1 Å². The van der Waals surface area contributed by atoms with E-state index >= 15 is 9.59 Å². The highest BCUT2D eigenvalue weighted by atomic mass is 32.2. The minimum atomic E-state index is -4.55. The standard InChI is InChI=1S/C61H101N5O22S/c1-31(2)24-45(67)84-51-38(9)50(33(4)29-80-58-54(78-18)53(77-17)47(68)41(12)83-58)86-56(71)40(11)52(85-46-25-34(5)65(16)28-36(7)81-46)37(8)49(87-57-48(69)42(64-79-19)26-35(6)82-57)32(3)27-61(15,55(70)39(51)10)88-59(72)63-60(13,14)30-62-89(75,76)44-23-21-20-22-43(44)66(73)74/h20-23,31-41,46-54,57-58,62,68-69H,24-30H2,1-19H3,(H,63,72)/t32-,33?,34-,35+,36-,37?,38-,39+,40?,41+,46-,47+,48+,49?,50+,51+,52?,53+,54+,57-,58+,61-/m0/s1. The molecule has 27 nitrogen and oxygen atoms in total. The van der Waals surface area contributed by atoms with E-state index in [0.717, 1.165) is 12.1 Å². The minimum Gasteiger partial charge on any atom is -0.461 e. The number of oxime groups is 1. The number of esters is 2. The number of amides is 1. The summed E-state index contributed by atoms with van der Waals surface area (Å²) in [5, 5.41) is 41.5. The predicted octanol–water partition coefficient (Wildman–Crippen LogP) is 5.67. The molecular weight excluding hydrogens is 1190 g/mol. The number of rotatable bonds is 21. The van der Waals surface area contributed by atoms with Crippen LogP contribution in [0.5, 0.6) is 0 Å². The number of aliphatic hydroxyl groups is 2. The summed E-state index contributed by atoms with van der Waals surface area (Å²) in [6.07, 6.45) is -15.4. The van der Waals surface area contributed by atoms with E-state index in [9.17, 15) is 38.3 Å². The molecule has 0 bridgehead atoms. The second-order valence-corrected chi connectivity index (χ2v) is 28.0. The summed E-state index contributed by atoms with van der Waals surface area (Å²) in [5.41, 5.74) is -4.16. The highest BCUT2D eigenvalue weighted by Gasteiger charge is 2.53. The lowest BCUT2D eigenvalue weighted by molar-refractivity contribution is -0.387. The number of nitrogens with one attached hydrogen (secondary N) is 2. The monoisotopic (exact) mass is 1290 g/mol. The molecule has 0 aromatic heterocycles. The normalized spacial score (nSPS) is 36.7. The number of hydrogen-bond acceptors (Lipinski definition) is 24. The van der Waals surface area contributed by atoms with Gasteiger partial charge in [-0.15, -0.1) is 0 Å². The molecule has 28 heteroatoms. The summed E-state index contributed by atoms with van der Waals surface area (Å²) in [4.78, 5) is 78.1. The number of ether oxygens (including phenoxy) is 11. The lowest BCUT2D eigenvalue weighted by Crippen LogP contribution is -2.59. The quantitative estimate of drug-likeness (QED) is 0.0498. The van der Waals surface area contributed by atoms with Crippen molar-refractivity contribution in [1.82, 2.24) is 14.9 Å². The third-order valence-electron chi connectivity index (χ3n) is 17.4. The van der Waals surface area contributed by atoms with Gasteiger partial charge in [-0.3, -0.25) is 24.5 Å². The molecule has 1 aromatic carbocycles. The van der Waals surface area contributed by atoms with Gasteiger partial charge in [0.2, 0.25) is 10.0 Å². The highest BCUT2D eigenvalue weighted by Crippen LogP contribution is 2.41. The number of nitrogens with zero attached hydrogens (tertiary/aromatic N) is 3. The van der Waals surface area contributed by atoms with E-state index in [0.29, 0.717) is 13.0 Å². The first-order valence-electron chi connectivity index (χ1n) is 30.8. The van der Waals surface area contributed by atoms with Crippen LogP contribution in [0.3, 0.4) is 0 Å². The number of benzene rings is 1. The van der Waals surface area contributed by atoms with Crippen LogP contribution in [0.25, 0.3) is 0 Å². The lowest BCUT2D eigenvalue weighted by atomic mass is 9.74. The average molecular weight is 1290 g/mol. The number of para-hydroxylation sites is 1.